The van der Waals surface area contributed by atoms with E-state index in [1.807, 2.05) is 54.6 Å². The molecule has 3 aromatic rings. The minimum absolute atomic E-state index is 0.110. The van der Waals surface area contributed by atoms with Crippen LogP contribution in [0, 0.1) is 5.82 Å². The fourth-order valence-electron chi connectivity index (χ4n) is 2.94. The van der Waals surface area contributed by atoms with Gasteiger partial charge in [-0.1, -0.05) is 60.3 Å². The molecule has 0 aromatic heterocycles. The maximum Gasteiger partial charge on any atom is 0.329 e. The van der Waals surface area contributed by atoms with Gasteiger partial charge in [-0.05, 0) is 42.0 Å². The quantitative estimate of drug-likeness (QED) is 0.477. The summed E-state index contributed by atoms with van der Waals surface area (Å²) in [5.41, 5.74) is 1.26. The summed E-state index contributed by atoms with van der Waals surface area (Å²) in [6.07, 6.45) is 1.62. The average Bonchev–Trinajstić information content (AvgIpc) is 2.99. The van der Waals surface area contributed by atoms with Gasteiger partial charge in [-0.15, -0.1) is 0 Å². The van der Waals surface area contributed by atoms with Crippen LogP contribution in [0.1, 0.15) is 11.1 Å². The molecule has 0 spiro atoms. The van der Waals surface area contributed by atoms with Gasteiger partial charge in [-0.3, -0.25) is 9.69 Å². The van der Waals surface area contributed by atoms with E-state index < -0.39 is 17.8 Å². The maximum absolute atomic E-state index is 13.8. The molecule has 3 amide bonds. The maximum atomic E-state index is 13.8. The normalized spacial score (nSPS) is 15.1. The zero-order valence-corrected chi connectivity index (χ0v) is 16.2. The summed E-state index contributed by atoms with van der Waals surface area (Å²) in [6, 6.07) is 23.3. The van der Waals surface area contributed by atoms with Gasteiger partial charge in [0.05, 0.1) is 6.54 Å². The Morgan fingerprint density at radius 3 is 2.24 bits per heavy atom. The molecule has 6 heteroatoms. The zero-order chi connectivity index (χ0) is 20.2. The van der Waals surface area contributed by atoms with Crippen molar-refractivity contribution in [2.45, 2.75) is 16.3 Å². The second kappa shape index (κ2) is 8.32. The predicted octanol–water partition coefficient (Wildman–Crippen LogP) is 5.07. The molecular formula is C23H17FN2O2S. The third-order valence-corrected chi connectivity index (χ3v) is 5.43. The van der Waals surface area contributed by atoms with Crippen LogP contribution < -0.4 is 5.32 Å². The Kier molecular flexibility index (Phi) is 5.44. The van der Waals surface area contributed by atoms with Gasteiger partial charge in [0.25, 0.3) is 5.91 Å². The number of hydrogen-bond acceptors (Lipinski definition) is 3. The van der Waals surface area contributed by atoms with Crippen LogP contribution in [-0.2, 0) is 11.3 Å². The van der Waals surface area contributed by atoms with Crippen LogP contribution in [0.3, 0.4) is 0 Å². The fourth-order valence-corrected chi connectivity index (χ4v) is 3.77. The molecule has 0 radical (unpaired) electrons. The van der Waals surface area contributed by atoms with Crippen molar-refractivity contribution in [3.05, 3.63) is 102 Å². The molecule has 0 aliphatic carbocycles. The van der Waals surface area contributed by atoms with E-state index in [2.05, 4.69) is 5.32 Å². The number of rotatable bonds is 5. The second-order valence-electron chi connectivity index (χ2n) is 6.46. The highest BCUT2D eigenvalue weighted by Gasteiger charge is 2.33. The summed E-state index contributed by atoms with van der Waals surface area (Å²) in [5.74, 6) is -0.918. The van der Waals surface area contributed by atoms with Crippen molar-refractivity contribution >= 4 is 29.8 Å². The molecule has 1 fully saturated rings. The first kappa shape index (κ1) is 19.0. The van der Waals surface area contributed by atoms with Crippen LogP contribution in [0.15, 0.2) is 94.4 Å². The smallest absolute Gasteiger partial charge is 0.303 e. The highest BCUT2D eigenvalue weighted by molar-refractivity contribution is 7.99. The Bertz CT molecular complexity index is 1080. The molecule has 29 heavy (non-hydrogen) atoms. The second-order valence-corrected chi connectivity index (χ2v) is 7.60. The number of carbonyl (C=O) groups is 2. The molecule has 1 N–H and O–H groups in total. The lowest BCUT2D eigenvalue weighted by Gasteiger charge is -2.12. The first-order valence-corrected chi connectivity index (χ1v) is 9.83. The number of imide groups is 1. The van der Waals surface area contributed by atoms with E-state index in [1.165, 1.54) is 6.07 Å². The van der Waals surface area contributed by atoms with Crippen LogP contribution in [0.4, 0.5) is 9.18 Å². The monoisotopic (exact) mass is 404 g/mol. The van der Waals surface area contributed by atoms with Crippen molar-refractivity contribution in [3.8, 4) is 0 Å². The SMILES string of the molecule is O=C1N/C(=C/c2ccc(Sc3ccccc3)cc2)C(=O)N1Cc1ccccc1F. The van der Waals surface area contributed by atoms with E-state index in [0.29, 0.717) is 5.56 Å². The van der Waals surface area contributed by atoms with Gasteiger partial charge >= 0.3 is 6.03 Å². The van der Waals surface area contributed by atoms with Gasteiger partial charge in [0.1, 0.15) is 11.5 Å². The fraction of sp³-hybridized carbons (Fsp3) is 0.0435. The summed E-state index contributed by atoms with van der Waals surface area (Å²) in [4.78, 5) is 28.0. The van der Waals surface area contributed by atoms with E-state index >= 15 is 0 Å². The summed E-state index contributed by atoms with van der Waals surface area (Å²) in [6.45, 7) is -0.110. The molecule has 4 nitrogen and oxygen atoms in total. The average molecular weight is 404 g/mol. The number of urea groups is 1. The summed E-state index contributed by atoms with van der Waals surface area (Å²) in [7, 11) is 0. The highest BCUT2D eigenvalue weighted by Crippen LogP contribution is 2.28. The minimum Gasteiger partial charge on any atom is -0.303 e. The first-order valence-electron chi connectivity index (χ1n) is 9.01. The van der Waals surface area contributed by atoms with Crippen LogP contribution >= 0.6 is 11.8 Å². The summed E-state index contributed by atoms with van der Waals surface area (Å²) < 4.78 is 13.8. The summed E-state index contributed by atoms with van der Waals surface area (Å²) in [5, 5.41) is 2.57. The number of benzene rings is 3. The standard InChI is InChI=1S/C23H17FN2O2S/c24-20-9-5-4-6-17(20)15-26-22(27)21(25-23(26)28)14-16-10-12-19(13-11-16)29-18-7-2-1-3-8-18/h1-14H,15H2,(H,25,28)/b21-14+. The Balaban J connectivity index is 1.47. The lowest BCUT2D eigenvalue weighted by Crippen LogP contribution is -2.30. The largest absolute Gasteiger partial charge is 0.329 e. The van der Waals surface area contributed by atoms with Gasteiger partial charge in [-0.25, -0.2) is 9.18 Å². The Morgan fingerprint density at radius 1 is 0.862 bits per heavy atom. The molecule has 0 saturated carbocycles. The molecule has 1 heterocycles. The van der Waals surface area contributed by atoms with Crippen LogP contribution in [0.5, 0.6) is 0 Å². The topological polar surface area (TPSA) is 49.4 Å². The summed E-state index contributed by atoms with van der Waals surface area (Å²) >= 11 is 1.64. The zero-order valence-electron chi connectivity index (χ0n) is 15.3. The Hall–Kier alpha value is -3.38. The van der Waals surface area contributed by atoms with Crippen LogP contribution in [-0.4, -0.2) is 16.8 Å². The van der Waals surface area contributed by atoms with Crippen LogP contribution in [0.2, 0.25) is 0 Å². The Morgan fingerprint density at radius 2 is 1.52 bits per heavy atom. The van der Waals surface area contributed by atoms with E-state index in [0.717, 1.165) is 20.3 Å². The van der Waals surface area contributed by atoms with Gasteiger partial charge in [0.15, 0.2) is 0 Å². The predicted molar refractivity (Wildman–Crippen MR) is 110 cm³/mol. The number of hydrogen-bond donors (Lipinski definition) is 1. The number of amides is 3. The number of carbonyl (C=O) groups excluding carboxylic acids is 2. The molecule has 0 bridgehead atoms. The van der Waals surface area contributed by atoms with Crippen LogP contribution in [0.25, 0.3) is 6.08 Å². The molecule has 1 aliphatic rings. The lowest BCUT2D eigenvalue weighted by molar-refractivity contribution is -0.123. The van der Waals surface area contributed by atoms with Gasteiger partial charge in [-0.2, -0.15) is 0 Å². The Labute approximate surface area is 172 Å². The third kappa shape index (κ3) is 4.38. The van der Waals surface area contributed by atoms with Crippen molar-refractivity contribution in [1.82, 2.24) is 10.2 Å². The van der Waals surface area contributed by atoms with Gasteiger partial charge in [0.2, 0.25) is 0 Å². The van der Waals surface area contributed by atoms with Crippen molar-refractivity contribution in [2.75, 3.05) is 0 Å². The van der Waals surface area contributed by atoms with Crippen molar-refractivity contribution in [2.24, 2.45) is 0 Å². The van der Waals surface area contributed by atoms with Crippen molar-refractivity contribution < 1.29 is 14.0 Å². The number of nitrogens with one attached hydrogen (secondary N) is 1. The third-order valence-electron chi connectivity index (χ3n) is 4.42. The molecule has 144 valence electrons. The van der Waals surface area contributed by atoms with E-state index in [-0.39, 0.29) is 12.2 Å². The molecule has 4 rings (SSSR count). The molecule has 0 unspecified atom stereocenters. The molecule has 1 aliphatic heterocycles. The molecule has 0 atom stereocenters. The molecular weight excluding hydrogens is 387 g/mol. The van der Waals surface area contributed by atoms with Crippen molar-refractivity contribution in [1.29, 1.82) is 0 Å². The highest BCUT2D eigenvalue weighted by atomic mass is 32.2. The van der Waals surface area contributed by atoms with E-state index in [9.17, 15) is 14.0 Å². The lowest BCUT2D eigenvalue weighted by atomic mass is 10.2. The van der Waals surface area contributed by atoms with Crippen molar-refractivity contribution in [3.63, 3.8) is 0 Å². The van der Waals surface area contributed by atoms with Gasteiger partial charge in [0, 0.05) is 15.4 Å². The molecule has 1 saturated heterocycles. The number of nitrogens with zero attached hydrogens (tertiary/aromatic N) is 1. The van der Waals surface area contributed by atoms with E-state index in [4.69, 9.17) is 0 Å². The first-order chi connectivity index (χ1) is 14.1. The minimum atomic E-state index is -0.555. The van der Waals surface area contributed by atoms with Gasteiger partial charge < -0.3 is 5.32 Å². The molecule has 3 aromatic carbocycles. The number of halogens is 1. The van der Waals surface area contributed by atoms with E-state index in [1.54, 1.807) is 36.0 Å².